The first kappa shape index (κ1) is 13.5. The summed E-state index contributed by atoms with van der Waals surface area (Å²) in [4.78, 5) is 3.53. The predicted octanol–water partition coefficient (Wildman–Crippen LogP) is 3.02. The van der Waals surface area contributed by atoms with Gasteiger partial charge in [-0.2, -0.15) is 13.2 Å². The van der Waals surface area contributed by atoms with E-state index in [9.17, 15) is 22.7 Å². The third-order valence-corrected chi connectivity index (χ3v) is 2.69. The van der Waals surface area contributed by atoms with E-state index in [1.807, 2.05) is 0 Å². The van der Waals surface area contributed by atoms with Crippen LogP contribution in [0, 0.1) is 5.82 Å². The molecule has 0 amide bonds. The Morgan fingerprint density at radius 2 is 1.74 bits per heavy atom. The molecular weight excluding hydrogens is 262 g/mol. The third-order valence-electron chi connectivity index (χ3n) is 2.69. The molecule has 1 aromatic carbocycles. The number of nitrogens with zero attached hydrogens (tertiary/aromatic N) is 1. The lowest BCUT2D eigenvalue weighted by atomic mass is 9.89. The van der Waals surface area contributed by atoms with Gasteiger partial charge in [-0.1, -0.05) is 18.2 Å². The summed E-state index contributed by atoms with van der Waals surface area (Å²) in [6.45, 7) is 0. The molecule has 0 saturated heterocycles. The van der Waals surface area contributed by atoms with Gasteiger partial charge in [0.05, 0.1) is 5.69 Å². The van der Waals surface area contributed by atoms with Crippen molar-refractivity contribution in [1.82, 2.24) is 4.98 Å². The largest absolute Gasteiger partial charge is 0.427 e. The van der Waals surface area contributed by atoms with Gasteiger partial charge in [0.25, 0.3) is 0 Å². The first-order valence-corrected chi connectivity index (χ1v) is 5.32. The molecule has 0 fully saturated rings. The Hall–Kier alpha value is -1.95. The Kier molecular flexibility index (Phi) is 3.28. The molecular formula is C13H9F4NO. The van der Waals surface area contributed by atoms with E-state index in [4.69, 9.17) is 0 Å². The smallest absolute Gasteiger partial charge is 0.371 e. The highest BCUT2D eigenvalue weighted by Gasteiger charge is 2.57. The van der Waals surface area contributed by atoms with Gasteiger partial charge in [0.15, 0.2) is 0 Å². The van der Waals surface area contributed by atoms with Gasteiger partial charge in [-0.15, -0.1) is 0 Å². The van der Waals surface area contributed by atoms with E-state index < -0.39 is 28.9 Å². The highest BCUT2D eigenvalue weighted by molar-refractivity contribution is 5.34. The van der Waals surface area contributed by atoms with Crippen molar-refractivity contribution in [2.75, 3.05) is 0 Å². The molecule has 0 spiro atoms. The standard InChI is InChI=1S/C13H9F4NO/c14-10-5-3-4-9(8-10)12(19,13(15,16)17)11-6-1-2-7-18-11/h1-8,19H. The van der Waals surface area contributed by atoms with Crippen LogP contribution in [0.25, 0.3) is 0 Å². The van der Waals surface area contributed by atoms with Crippen LogP contribution in [0.1, 0.15) is 11.3 Å². The molecule has 1 heterocycles. The lowest BCUT2D eigenvalue weighted by Crippen LogP contribution is -2.44. The molecule has 0 aliphatic carbocycles. The number of halogens is 4. The summed E-state index contributed by atoms with van der Waals surface area (Å²) >= 11 is 0. The molecule has 0 aliphatic heterocycles. The second-order valence-corrected chi connectivity index (χ2v) is 3.93. The van der Waals surface area contributed by atoms with E-state index in [0.717, 1.165) is 30.5 Å². The number of benzene rings is 1. The maximum absolute atomic E-state index is 13.2. The number of hydrogen-bond donors (Lipinski definition) is 1. The fourth-order valence-electron chi connectivity index (χ4n) is 1.75. The van der Waals surface area contributed by atoms with Crippen LogP contribution in [0.5, 0.6) is 0 Å². The number of aliphatic hydroxyl groups is 1. The Bertz CT molecular complexity index is 570. The third kappa shape index (κ3) is 2.31. The summed E-state index contributed by atoms with van der Waals surface area (Å²) in [5.74, 6) is -0.865. The van der Waals surface area contributed by atoms with Gasteiger partial charge in [0.1, 0.15) is 5.82 Å². The van der Waals surface area contributed by atoms with Crippen molar-refractivity contribution in [3.8, 4) is 0 Å². The molecule has 1 atom stereocenters. The minimum absolute atomic E-state index is 0.604. The van der Waals surface area contributed by atoms with Crippen molar-refractivity contribution in [3.63, 3.8) is 0 Å². The fourth-order valence-corrected chi connectivity index (χ4v) is 1.75. The summed E-state index contributed by atoms with van der Waals surface area (Å²) < 4.78 is 52.7. The van der Waals surface area contributed by atoms with Crippen molar-refractivity contribution >= 4 is 0 Å². The van der Waals surface area contributed by atoms with Crippen molar-refractivity contribution in [3.05, 3.63) is 65.7 Å². The zero-order valence-corrected chi connectivity index (χ0v) is 9.53. The van der Waals surface area contributed by atoms with E-state index in [2.05, 4.69) is 4.98 Å². The number of alkyl halides is 3. The van der Waals surface area contributed by atoms with Crippen LogP contribution in [-0.4, -0.2) is 16.3 Å². The average molecular weight is 271 g/mol. The van der Waals surface area contributed by atoms with Gasteiger partial charge in [-0.3, -0.25) is 4.98 Å². The maximum Gasteiger partial charge on any atom is 0.427 e. The summed E-state index contributed by atoms with van der Waals surface area (Å²) in [7, 11) is 0. The van der Waals surface area contributed by atoms with Crippen molar-refractivity contribution in [2.45, 2.75) is 11.8 Å². The molecule has 0 saturated carbocycles. The predicted molar refractivity (Wildman–Crippen MR) is 59.7 cm³/mol. The summed E-state index contributed by atoms with van der Waals surface area (Å²) in [6, 6.07) is 7.53. The van der Waals surface area contributed by atoms with Crippen LogP contribution in [-0.2, 0) is 5.60 Å². The van der Waals surface area contributed by atoms with E-state index in [1.54, 1.807) is 0 Å². The molecule has 100 valence electrons. The molecule has 1 unspecified atom stereocenters. The molecule has 0 aliphatic rings. The number of aromatic nitrogens is 1. The van der Waals surface area contributed by atoms with Gasteiger partial charge in [-0.25, -0.2) is 4.39 Å². The van der Waals surface area contributed by atoms with Crippen molar-refractivity contribution < 1.29 is 22.7 Å². The summed E-state index contributed by atoms with van der Waals surface area (Å²) in [5, 5.41) is 10.1. The first-order chi connectivity index (χ1) is 8.85. The Morgan fingerprint density at radius 1 is 1.00 bits per heavy atom. The monoisotopic (exact) mass is 271 g/mol. The minimum atomic E-state index is -5.02. The highest BCUT2D eigenvalue weighted by Crippen LogP contribution is 2.43. The molecule has 1 N–H and O–H groups in total. The van der Waals surface area contributed by atoms with Crippen LogP contribution < -0.4 is 0 Å². The lowest BCUT2D eigenvalue weighted by Gasteiger charge is -2.30. The average Bonchev–Trinajstić information content (AvgIpc) is 2.37. The first-order valence-electron chi connectivity index (χ1n) is 5.32. The Labute approximate surface area is 106 Å². The normalized spacial score (nSPS) is 15.0. The second-order valence-electron chi connectivity index (χ2n) is 3.93. The molecule has 2 aromatic rings. The molecule has 6 heteroatoms. The van der Waals surface area contributed by atoms with Gasteiger partial charge in [0.2, 0.25) is 5.60 Å². The molecule has 1 aromatic heterocycles. The topological polar surface area (TPSA) is 33.1 Å². The zero-order valence-electron chi connectivity index (χ0n) is 9.53. The lowest BCUT2D eigenvalue weighted by molar-refractivity contribution is -0.249. The Morgan fingerprint density at radius 3 is 2.26 bits per heavy atom. The number of rotatable bonds is 2. The van der Waals surface area contributed by atoms with Crippen LogP contribution in [0.15, 0.2) is 48.7 Å². The molecule has 0 radical (unpaired) electrons. The zero-order chi connectivity index (χ0) is 14.1. The molecule has 2 nitrogen and oxygen atoms in total. The maximum atomic E-state index is 13.2. The van der Waals surface area contributed by atoms with E-state index >= 15 is 0 Å². The van der Waals surface area contributed by atoms with Crippen molar-refractivity contribution in [1.29, 1.82) is 0 Å². The summed E-state index contributed by atoms with van der Waals surface area (Å²) in [5.41, 5.74) is -4.55. The van der Waals surface area contributed by atoms with Gasteiger partial charge >= 0.3 is 6.18 Å². The fraction of sp³-hybridized carbons (Fsp3) is 0.154. The van der Waals surface area contributed by atoms with Crippen LogP contribution in [0.3, 0.4) is 0 Å². The minimum Gasteiger partial charge on any atom is -0.371 e. The number of hydrogen-bond acceptors (Lipinski definition) is 2. The van der Waals surface area contributed by atoms with Crippen LogP contribution in [0.4, 0.5) is 17.6 Å². The van der Waals surface area contributed by atoms with Gasteiger partial charge in [0, 0.05) is 11.8 Å². The van der Waals surface area contributed by atoms with E-state index in [1.165, 1.54) is 12.1 Å². The van der Waals surface area contributed by atoms with Crippen molar-refractivity contribution in [2.24, 2.45) is 0 Å². The molecule has 19 heavy (non-hydrogen) atoms. The van der Waals surface area contributed by atoms with Crippen LogP contribution in [0.2, 0.25) is 0 Å². The van der Waals surface area contributed by atoms with Crippen LogP contribution >= 0.6 is 0 Å². The SMILES string of the molecule is OC(c1cccc(F)c1)(c1ccccn1)C(F)(F)F. The highest BCUT2D eigenvalue weighted by atomic mass is 19.4. The van der Waals surface area contributed by atoms with E-state index in [-0.39, 0.29) is 0 Å². The van der Waals surface area contributed by atoms with Gasteiger partial charge < -0.3 is 5.11 Å². The summed E-state index contributed by atoms with van der Waals surface area (Å²) in [6.07, 6.45) is -3.89. The number of pyridine rings is 1. The van der Waals surface area contributed by atoms with Gasteiger partial charge in [-0.05, 0) is 24.3 Å². The second kappa shape index (κ2) is 4.62. The molecule has 2 rings (SSSR count). The Balaban J connectivity index is 2.66. The molecule has 0 bridgehead atoms. The quantitative estimate of drug-likeness (QED) is 0.852. The van der Waals surface area contributed by atoms with E-state index in [0.29, 0.717) is 6.07 Å².